The Labute approximate surface area is 165 Å². The fourth-order valence-electron chi connectivity index (χ4n) is 3.12. The van der Waals surface area contributed by atoms with E-state index in [2.05, 4.69) is 20.8 Å². The molecule has 0 saturated carbocycles. The Morgan fingerprint density at radius 2 is 1.90 bits per heavy atom. The molecule has 146 valence electrons. The van der Waals surface area contributed by atoms with Crippen LogP contribution in [-0.2, 0) is 4.79 Å². The molecule has 0 bridgehead atoms. The number of fused-ring (bicyclic) bond motifs is 1. The zero-order valence-corrected chi connectivity index (χ0v) is 15.8. The molecule has 0 unspecified atom stereocenters. The Balaban J connectivity index is 1.77. The van der Waals surface area contributed by atoms with Crippen molar-refractivity contribution in [3.05, 3.63) is 71.6 Å². The minimum Gasteiger partial charge on any atom is -0.463 e. The van der Waals surface area contributed by atoms with Gasteiger partial charge in [-0.25, -0.2) is 4.98 Å². The predicted molar refractivity (Wildman–Crippen MR) is 105 cm³/mol. The lowest BCUT2D eigenvalue weighted by molar-refractivity contribution is -0.122. The van der Waals surface area contributed by atoms with Gasteiger partial charge in [0.1, 0.15) is 11.7 Å². The molecule has 0 saturated heterocycles. The van der Waals surface area contributed by atoms with Gasteiger partial charge in [-0.2, -0.15) is 0 Å². The number of pyridine rings is 1. The van der Waals surface area contributed by atoms with E-state index in [1.165, 1.54) is 13.3 Å². The molecule has 8 nitrogen and oxygen atoms in total. The van der Waals surface area contributed by atoms with Crippen LogP contribution in [0, 0.1) is 6.92 Å². The summed E-state index contributed by atoms with van der Waals surface area (Å²) in [5, 5.41) is 9.80. The van der Waals surface area contributed by atoms with Gasteiger partial charge < -0.3 is 19.6 Å². The molecule has 0 aliphatic heterocycles. The third kappa shape index (κ3) is 3.47. The largest absolute Gasteiger partial charge is 0.463 e. The summed E-state index contributed by atoms with van der Waals surface area (Å²) in [6.45, 7) is 1.73. The highest BCUT2D eigenvalue weighted by molar-refractivity contribution is 6.08. The zero-order valence-electron chi connectivity index (χ0n) is 15.8. The summed E-state index contributed by atoms with van der Waals surface area (Å²) in [5.74, 6) is -0.293. The second-order valence-electron chi connectivity index (χ2n) is 6.41. The standard InChI is InChI=1S/C21H18N4O4/c1-12-17-14(11-15(16-9-6-10-28-16)23-21(17)29-25-12)19(26)24-18(20(27)22-2)13-7-4-3-5-8-13/h3-11,18H,1-2H3,(H,22,27)(H,24,26)/t18-/m1/s1. The number of likely N-dealkylation sites (N-methyl/N-ethyl adjacent to an activating group) is 1. The van der Waals surface area contributed by atoms with E-state index in [-0.39, 0.29) is 11.6 Å². The van der Waals surface area contributed by atoms with Gasteiger partial charge in [-0.05, 0) is 30.7 Å². The van der Waals surface area contributed by atoms with Crippen LogP contribution >= 0.6 is 0 Å². The molecule has 0 aliphatic rings. The van der Waals surface area contributed by atoms with Crippen LogP contribution in [-0.4, -0.2) is 29.0 Å². The normalized spacial score (nSPS) is 11.9. The molecule has 8 heteroatoms. The van der Waals surface area contributed by atoms with Gasteiger partial charge in [-0.1, -0.05) is 35.5 Å². The topological polar surface area (TPSA) is 110 Å². The van der Waals surface area contributed by atoms with Crippen molar-refractivity contribution in [1.29, 1.82) is 0 Å². The second kappa shape index (κ2) is 7.59. The van der Waals surface area contributed by atoms with Gasteiger partial charge in [0, 0.05) is 7.05 Å². The molecule has 3 aromatic heterocycles. The van der Waals surface area contributed by atoms with E-state index < -0.39 is 11.9 Å². The maximum atomic E-state index is 13.2. The van der Waals surface area contributed by atoms with Gasteiger partial charge in [0.25, 0.3) is 11.6 Å². The van der Waals surface area contributed by atoms with E-state index in [0.29, 0.717) is 33.7 Å². The van der Waals surface area contributed by atoms with Crippen LogP contribution in [0.3, 0.4) is 0 Å². The molecular formula is C21H18N4O4. The monoisotopic (exact) mass is 390 g/mol. The molecule has 1 aromatic carbocycles. The minimum atomic E-state index is -0.857. The van der Waals surface area contributed by atoms with Gasteiger partial charge in [-0.3, -0.25) is 9.59 Å². The van der Waals surface area contributed by atoms with Crippen LogP contribution in [0.1, 0.15) is 27.7 Å². The van der Waals surface area contributed by atoms with Gasteiger partial charge in [-0.15, -0.1) is 0 Å². The maximum Gasteiger partial charge on any atom is 0.259 e. The summed E-state index contributed by atoms with van der Waals surface area (Å²) in [6, 6.07) is 13.2. The number of carbonyl (C=O) groups excluding carboxylic acids is 2. The number of rotatable bonds is 5. The van der Waals surface area contributed by atoms with E-state index in [1.54, 1.807) is 49.4 Å². The van der Waals surface area contributed by atoms with Crippen molar-refractivity contribution < 1.29 is 18.5 Å². The molecule has 1 atom stereocenters. The van der Waals surface area contributed by atoms with E-state index in [0.717, 1.165) is 0 Å². The van der Waals surface area contributed by atoms with E-state index in [1.807, 2.05) is 6.07 Å². The first kappa shape index (κ1) is 18.4. The highest BCUT2D eigenvalue weighted by Crippen LogP contribution is 2.28. The summed E-state index contributed by atoms with van der Waals surface area (Å²) in [4.78, 5) is 30.0. The lowest BCUT2D eigenvalue weighted by Crippen LogP contribution is -2.39. The lowest BCUT2D eigenvalue weighted by atomic mass is 10.0. The highest BCUT2D eigenvalue weighted by Gasteiger charge is 2.26. The second-order valence-corrected chi connectivity index (χ2v) is 6.41. The Bertz CT molecular complexity index is 1170. The molecule has 0 radical (unpaired) electrons. The molecule has 4 aromatic rings. The third-order valence-electron chi connectivity index (χ3n) is 4.55. The van der Waals surface area contributed by atoms with Crippen molar-refractivity contribution in [2.45, 2.75) is 13.0 Å². The van der Waals surface area contributed by atoms with Gasteiger partial charge in [0.2, 0.25) is 5.91 Å². The molecule has 0 aliphatic carbocycles. The molecular weight excluding hydrogens is 372 g/mol. The molecule has 4 rings (SSSR count). The van der Waals surface area contributed by atoms with Crippen LogP contribution in [0.4, 0.5) is 0 Å². The first-order valence-electron chi connectivity index (χ1n) is 8.96. The van der Waals surface area contributed by atoms with Crippen LogP contribution < -0.4 is 10.6 Å². The van der Waals surface area contributed by atoms with Crippen molar-refractivity contribution in [2.75, 3.05) is 7.05 Å². The lowest BCUT2D eigenvalue weighted by Gasteiger charge is -2.18. The van der Waals surface area contributed by atoms with Crippen molar-refractivity contribution in [1.82, 2.24) is 20.8 Å². The zero-order chi connectivity index (χ0) is 20.4. The fourth-order valence-corrected chi connectivity index (χ4v) is 3.12. The number of aryl methyl sites for hydroxylation is 1. The summed E-state index contributed by atoms with van der Waals surface area (Å²) in [6.07, 6.45) is 1.52. The first-order valence-corrected chi connectivity index (χ1v) is 8.96. The number of aromatic nitrogens is 2. The summed E-state index contributed by atoms with van der Waals surface area (Å²) in [5.41, 5.74) is 2.14. The predicted octanol–water partition coefficient (Wildman–Crippen LogP) is 3.01. The maximum absolute atomic E-state index is 13.2. The Hall–Kier alpha value is -3.94. The van der Waals surface area contributed by atoms with Crippen LogP contribution in [0.15, 0.2) is 63.7 Å². The number of amides is 2. The summed E-state index contributed by atoms with van der Waals surface area (Å²) >= 11 is 0. The molecule has 0 fully saturated rings. The number of nitrogens with one attached hydrogen (secondary N) is 2. The van der Waals surface area contributed by atoms with Crippen molar-refractivity contribution in [3.63, 3.8) is 0 Å². The van der Waals surface area contributed by atoms with Crippen molar-refractivity contribution >= 4 is 22.9 Å². The van der Waals surface area contributed by atoms with Crippen LogP contribution in [0.5, 0.6) is 0 Å². The number of carbonyl (C=O) groups is 2. The number of benzene rings is 1. The number of furan rings is 1. The molecule has 2 N–H and O–H groups in total. The van der Waals surface area contributed by atoms with E-state index >= 15 is 0 Å². The van der Waals surface area contributed by atoms with Gasteiger partial charge in [0.05, 0.1) is 22.9 Å². The Morgan fingerprint density at radius 1 is 1.10 bits per heavy atom. The molecule has 2 amide bonds. The number of hydrogen-bond acceptors (Lipinski definition) is 6. The van der Waals surface area contributed by atoms with Gasteiger partial charge >= 0.3 is 0 Å². The SMILES string of the molecule is CNC(=O)[C@H](NC(=O)c1cc(-c2ccco2)nc2onc(C)c12)c1ccccc1. The first-order chi connectivity index (χ1) is 14.1. The average Bonchev–Trinajstić information content (AvgIpc) is 3.42. The number of hydrogen-bond donors (Lipinski definition) is 2. The third-order valence-corrected chi connectivity index (χ3v) is 4.55. The number of nitrogens with zero attached hydrogens (tertiary/aromatic N) is 2. The summed E-state index contributed by atoms with van der Waals surface area (Å²) < 4.78 is 10.7. The van der Waals surface area contributed by atoms with Crippen LogP contribution in [0.25, 0.3) is 22.6 Å². The highest BCUT2D eigenvalue weighted by atomic mass is 16.5. The molecule has 3 heterocycles. The smallest absolute Gasteiger partial charge is 0.259 e. The summed E-state index contributed by atoms with van der Waals surface area (Å²) in [7, 11) is 1.52. The molecule has 29 heavy (non-hydrogen) atoms. The van der Waals surface area contributed by atoms with E-state index in [4.69, 9.17) is 8.94 Å². The van der Waals surface area contributed by atoms with Crippen molar-refractivity contribution in [2.24, 2.45) is 0 Å². The van der Waals surface area contributed by atoms with E-state index in [9.17, 15) is 9.59 Å². The van der Waals surface area contributed by atoms with Crippen LogP contribution in [0.2, 0.25) is 0 Å². The average molecular weight is 390 g/mol. The fraction of sp³-hybridized carbons (Fsp3) is 0.143. The quantitative estimate of drug-likeness (QED) is 0.542. The van der Waals surface area contributed by atoms with Crippen molar-refractivity contribution in [3.8, 4) is 11.5 Å². The van der Waals surface area contributed by atoms with Gasteiger partial charge in [0.15, 0.2) is 5.76 Å². The minimum absolute atomic E-state index is 0.220. The Morgan fingerprint density at radius 3 is 2.59 bits per heavy atom. The Kier molecular flexibility index (Phi) is 4.82. The molecule has 0 spiro atoms.